The first-order valence-electron chi connectivity index (χ1n) is 5.24. The molecule has 0 bridgehead atoms. The van der Waals surface area contributed by atoms with Crippen molar-refractivity contribution in [1.29, 1.82) is 0 Å². The molecule has 1 heterocycles. The van der Waals surface area contributed by atoms with Gasteiger partial charge in [-0.2, -0.15) is 0 Å². The largest absolute Gasteiger partial charge is 0.496 e. The lowest BCUT2D eigenvalue weighted by Gasteiger charge is -2.29. The van der Waals surface area contributed by atoms with Crippen molar-refractivity contribution >= 4 is 0 Å². The van der Waals surface area contributed by atoms with Crippen molar-refractivity contribution in [3.63, 3.8) is 0 Å². The molecule has 4 nitrogen and oxygen atoms in total. The maximum Gasteiger partial charge on any atom is 0.185 e. The van der Waals surface area contributed by atoms with Crippen LogP contribution in [0.5, 0.6) is 11.5 Å². The van der Waals surface area contributed by atoms with E-state index in [1.54, 1.807) is 20.3 Å². The third-order valence-corrected chi connectivity index (χ3v) is 2.81. The van der Waals surface area contributed by atoms with Crippen molar-refractivity contribution < 1.29 is 19.3 Å². The van der Waals surface area contributed by atoms with E-state index >= 15 is 0 Å². The highest BCUT2D eigenvalue weighted by Crippen LogP contribution is 2.40. The van der Waals surface area contributed by atoms with Crippen LogP contribution in [-0.2, 0) is 11.2 Å². The minimum absolute atomic E-state index is 0.0245. The van der Waals surface area contributed by atoms with Crippen molar-refractivity contribution in [2.24, 2.45) is 0 Å². The van der Waals surface area contributed by atoms with Gasteiger partial charge < -0.3 is 19.3 Å². The number of rotatable bonds is 2. The van der Waals surface area contributed by atoms with Gasteiger partial charge >= 0.3 is 0 Å². The molecule has 0 amide bonds. The lowest BCUT2D eigenvalue weighted by Crippen LogP contribution is -2.24. The van der Waals surface area contributed by atoms with Gasteiger partial charge in [-0.25, -0.2) is 0 Å². The maximum absolute atomic E-state index is 9.91. The molecule has 1 N–H and O–H groups in total. The van der Waals surface area contributed by atoms with Crippen LogP contribution in [0.15, 0.2) is 12.1 Å². The van der Waals surface area contributed by atoms with Gasteiger partial charge in [0.15, 0.2) is 6.29 Å². The summed E-state index contributed by atoms with van der Waals surface area (Å²) in [7, 11) is 3.20. The van der Waals surface area contributed by atoms with Crippen molar-refractivity contribution in [1.82, 2.24) is 0 Å². The topological polar surface area (TPSA) is 47.9 Å². The Labute approximate surface area is 94.8 Å². The average molecular weight is 224 g/mol. The summed E-state index contributed by atoms with van der Waals surface area (Å²) < 4.78 is 15.9. The van der Waals surface area contributed by atoms with Crippen LogP contribution in [0.4, 0.5) is 0 Å². The van der Waals surface area contributed by atoms with Crippen molar-refractivity contribution in [3.05, 3.63) is 23.3 Å². The van der Waals surface area contributed by atoms with Crippen LogP contribution in [0.1, 0.15) is 24.3 Å². The Balaban J connectivity index is 2.56. The maximum atomic E-state index is 9.91. The van der Waals surface area contributed by atoms with Crippen LogP contribution >= 0.6 is 0 Å². The van der Waals surface area contributed by atoms with Gasteiger partial charge in [-0.3, -0.25) is 0 Å². The quantitative estimate of drug-likeness (QED) is 0.830. The number of fused-ring (bicyclic) bond motifs is 1. The van der Waals surface area contributed by atoms with Crippen LogP contribution in [0.25, 0.3) is 0 Å². The van der Waals surface area contributed by atoms with Gasteiger partial charge in [0.2, 0.25) is 0 Å². The number of hydrogen-bond acceptors (Lipinski definition) is 4. The molecule has 4 heteroatoms. The summed E-state index contributed by atoms with van der Waals surface area (Å²) in [5.74, 6) is 1.40. The second-order valence-corrected chi connectivity index (χ2v) is 3.87. The highest BCUT2D eigenvalue weighted by atomic mass is 16.6. The summed E-state index contributed by atoms with van der Waals surface area (Å²) >= 11 is 0. The standard InChI is InChI=1S/C12H16O4/c1-7-6-8-9(14-2)4-5-10(15-3)11(8)12(13)16-7/h4-5,7,12-13H,6H2,1-3H3. The van der Waals surface area contributed by atoms with E-state index in [2.05, 4.69) is 0 Å². The monoisotopic (exact) mass is 224 g/mol. The molecule has 0 fully saturated rings. The molecule has 2 rings (SSSR count). The molecule has 1 aromatic rings. The van der Waals surface area contributed by atoms with E-state index in [0.717, 1.165) is 11.3 Å². The molecular formula is C12H16O4. The highest BCUT2D eigenvalue weighted by Gasteiger charge is 2.29. The van der Waals surface area contributed by atoms with E-state index < -0.39 is 6.29 Å². The van der Waals surface area contributed by atoms with Gasteiger partial charge in [0.05, 0.1) is 25.9 Å². The van der Waals surface area contributed by atoms with Gasteiger partial charge in [-0.1, -0.05) is 0 Å². The number of methoxy groups -OCH3 is 2. The molecule has 1 aliphatic rings. The molecule has 0 saturated heterocycles. The summed E-state index contributed by atoms with van der Waals surface area (Å²) in [4.78, 5) is 0. The normalized spacial score (nSPS) is 23.8. The molecule has 0 aliphatic carbocycles. The Morgan fingerprint density at radius 2 is 1.88 bits per heavy atom. The summed E-state index contributed by atoms with van der Waals surface area (Å²) in [6.07, 6.45) is -0.250. The fourth-order valence-electron chi connectivity index (χ4n) is 2.10. The Morgan fingerprint density at radius 3 is 2.50 bits per heavy atom. The van der Waals surface area contributed by atoms with Crippen LogP contribution < -0.4 is 9.47 Å². The molecule has 0 radical (unpaired) electrons. The summed E-state index contributed by atoms with van der Waals surface area (Å²) in [5.41, 5.74) is 1.65. The number of aliphatic hydroxyl groups is 1. The van der Waals surface area contributed by atoms with E-state index in [1.807, 2.05) is 13.0 Å². The molecule has 1 aromatic carbocycles. The summed E-state index contributed by atoms with van der Waals surface area (Å²) in [6, 6.07) is 3.63. The number of hydrogen-bond donors (Lipinski definition) is 1. The predicted molar refractivity (Wildman–Crippen MR) is 58.8 cm³/mol. The minimum atomic E-state index is -0.941. The average Bonchev–Trinajstić information content (AvgIpc) is 2.27. The fourth-order valence-corrected chi connectivity index (χ4v) is 2.10. The SMILES string of the molecule is COc1ccc(OC)c2c1CC(C)OC2O. The molecule has 0 spiro atoms. The zero-order valence-corrected chi connectivity index (χ0v) is 9.69. The van der Waals surface area contributed by atoms with Gasteiger partial charge in [-0.15, -0.1) is 0 Å². The van der Waals surface area contributed by atoms with Crippen LogP contribution in [0, 0.1) is 0 Å². The van der Waals surface area contributed by atoms with E-state index in [-0.39, 0.29) is 6.10 Å². The number of ether oxygens (including phenoxy) is 3. The van der Waals surface area contributed by atoms with Crippen LogP contribution in [0.3, 0.4) is 0 Å². The third kappa shape index (κ3) is 1.74. The summed E-state index contributed by atoms with van der Waals surface area (Å²) in [6.45, 7) is 1.92. The molecule has 0 aromatic heterocycles. The molecule has 2 atom stereocenters. The van der Waals surface area contributed by atoms with E-state index in [4.69, 9.17) is 14.2 Å². The van der Waals surface area contributed by atoms with Gasteiger partial charge in [-0.05, 0) is 19.1 Å². The fraction of sp³-hybridized carbons (Fsp3) is 0.500. The Hall–Kier alpha value is -1.26. The second kappa shape index (κ2) is 4.31. The first kappa shape index (κ1) is 11.2. The van der Waals surface area contributed by atoms with Gasteiger partial charge in [0.25, 0.3) is 0 Å². The van der Waals surface area contributed by atoms with Gasteiger partial charge in [0.1, 0.15) is 11.5 Å². The first-order valence-corrected chi connectivity index (χ1v) is 5.24. The van der Waals surface area contributed by atoms with Crippen molar-refractivity contribution in [3.8, 4) is 11.5 Å². The first-order chi connectivity index (χ1) is 7.67. The zero-order chi connectivity index (χ0) is 11.7. The summed E-state index contributed by atoms with van der Waals surface area (Å²) in [5, 5.41) is 9.91. The van der Waals surface area contributed by atoms with E-state index in [9.17, 15) is 5.11 Å². The van der Waals surface area contributed by atoms with Crippen molar-refractivity contribution in [2.45, 2.75) is 25.7 Å². The molecule has 1 aliphatic heterocycles. The van der Waals surface area contributed by atoms with E-state index in [0.29, 0.717) is 17.7 Å². The molecular weight excluding hydrogens is 208 g/mol. The predicted octanol–water partition coefficient (Wildman–Crippen LogP) is 1.66. The highest BCUT2D eigenvalue weighted by molar-refractivity contribution is 5.50. The Kier molecular flexibility index (Phi) is 3.03. The van der Waals surface area contributed by atoms with Gasteiger partial charge in [0, 0.05) is 12.0 Å². The lowest BCUT2D eigenvalue weighted by molar-refractivity contribution is -0.144. The zero-order valence-electron chi connectivity index (χ0n) is 9.69. The number of aliphatic hydroxyl groups excluding tert-OH is 1. The Bertz CT molecular complexity index is 389. The minimum Gasteiger partial charge on any atom is -0.496 e. The molecule has 88 valence electrons. The molecule has 0 saturated carbocycles. The smallest absolute Gasteiger partial charge is 0.185 e. The Morgan fingerprint density at radius 1 is 1.25 bits per heavy atom. The number of benzene rings is 1. The lowest BCUT2D eigenvalue weighted by atomic mass is 9.96. The third-order valence-electron chi connectivity index (χ3n) is 2.81. The van der Waals surface area contributed by atoms with Crippen LogP contribution in [0.2, 0.25) is 0 Å². The second-order valence-electron chi connectivity index (χ2n) is 3.87. The van der Waals surface area contributed by atoms with Crippen LogP contribution in [-0.4, -0.2) is 25.4 Å². The molecule has 16 heavy (non-hydrogen) atoms. The van der Waals surface area contributed by atoms with Crippen molar-refractivity contribution in [2.75, 3.05) is 14.2 Å². The molecule has 2 unspecified atom stereocenters. The van der Waals surface area contributed by atoms with E-state index in [1.165, 1.54) is 0 Å².